The van der Waals surface area contributed by atoms with E-state index in [9.17, 15) is 13.8 Å². The zero-order valence-corrected chi connectivity index (χ0v) is 9.10. The van der Waals surface area contributed by atoms with Gasteiger partial charge in [-0.3, -0.25) is 13.8 Å². The largest absolute Gasteiger partial charge is 0.480 e. The predicted molar refractivity (Wildman–Crippen MR) is 53.4 cm³/mol. The fourth-order valence-electron chi connectivity index (χ4n) is 0.934. The van der Waals surface area contributed by atoms with E-state index in [2.05, 4.69) is 5.32 Å². The van der Waals surface area contributed by atoms with Gasteiger partial charge in [0.2, 0.25) is 5.91 Å². The SMILES string of the molecule is CCC(C(=O)O)S(=O)CCC(=O)NC. The third-order valence-electron chi connectivity index (χ3n) is 1.77. The lowest BCUT2D eigenvalue weighted by atomic mass is 10.3. The van der Waals surface area contributed by atoms with Gasteiger partial charge in [0.1, 0.15) is 5.25 Å². The second kappa shape index (κ2) is 6.53. The van der Waals surface area contributed by atoms with Gasteiger partial charge in [-0.25, -0.2) is 0 Å². The molecule has 0 aliphatic rings. The number of carboxylic acids is 1. The van der Waals surface area contributed by atoms with Gasteiger partial charge in [-0.2, -0.15) is 0 Å². The summed E-state index contributed by atoms with van der Waals surface area (Å²) in [6.45, 7) is 1.66. The Morgan fingerprint density at radius 2 is 2.07 bits per heavy atom. The van der Waals surface area contributed by atoms with Crippen LogP contribution >= 0.6 is 0 Å². The van der Waals surface area contributed by atoms with Crippen LogP contribution < -0.4 is 5.32 Å². The van der Waals surface area contributed by atoms with Gasteiger partial charge in [0.15, 0.2) is 0 Å². The lowest BCUT2D eigenvalue weighted by molar-refractivity contribution is -0.136. The number of carbonyl (C=O) groups is 2. The van der Waals surface area contributed by atoms with Crippen LogP contribution in [0.1, 0.15) is 19.8 Å². The molecule has 5 nitrogen and oxygen atoms in total. The maximum Gasteiger partial charge on any atom is 0.319 e. The highest BCUT2D eigenvalue weighted by atomic mass is 32.2. The van der Waals surface area contributed by atoms with Crippen molar-refractivity contribution in [3.63, 3.8) is 0 Å². The number of nitrogens with one attached hydrogen (secondary N) is 1. The molecule has 0 aliphatic carbocycles. The first-order valence-electron chi connectivity index (χ1n) is 4.33. The van der Waals surface area contributed by atoms with Crippen molar-refractivity contribution in [3.05, 3.63) is 0 Å². The molecule has 0 aliphatic heterocycles. The molecular weight excluding hydrogens is 206 g/mol. The highest BCUT2D eigenvalue weighted by Crippen LogP contribution is 2.03. The van der Waals surface area contributed by atoms with Crippen molar-refractivity contribution in [3.8, 4) is 0 Å². The molecule has 0 aromatic carbocycles. The van der Waals surface area contributed by atoms with Crippen LogP contribution in [0.5, 0.6) is 0 Å². The van der Waals surface area contributed by atoms with E-state index in [1.54, 1.807) is 6.92 Å². The Labute approximate surface area is 85.3 Å². The zero-order chi connectivity index (χ0) is 11.1. The van der Waals surface area contributed by atoms with Gasteiger partial charge in [0.05, 0.1) is 0 Å². The summed E-state index contributed by atoms with van der Waals surface area (Å²) < 4.78 is 11.4. The molecule has 0 aromatic heterocycles. The Morgan fingerprint density at radius 3 is 2.43 bits per heavy atom. The van der Waals surface area contributed by atoms with Gasteiger partial charge in [0.25, 0.3) is 0 Å². The lowest BCUT2D eigenvalue weighted by Gasteiger charge is -2.08. The monoisotopic (exact) mass is 221 g/mol. The Bertz CT molecular complexity index is 241. The first-order chi connectivity index (χ1) is 6.52. The van der Waals surface area contributed by atoms with Gasteiger partial charge < -0.3 is 10.4 Å². The van der Waals surface area contributed by atoms with E-state index in [1.165, 1.54) is 7.05 Å². The number of amides is 1. The molecule has 2 unspecified atom stereocenters. The van der Waals surface area contributed by atoms with E-state index in [4.69, 9.17) is 5.11 Å². The molecule has 0 rings (SSSR count). The van der Waals surface area contributed by atoms with Crippen LogP contribution in [0, 0.1) is 0 Å². The molecule has 2 N–H and O–H groups in total. The van der Waals surface area contributed by atoms with Crippen molar-refractivity contribution in [1.82, 2.24) is 5.32 Å². The molecule has 0 bridgehead atoms. The Hall–Kier alpha value is -0.910. The summed E-state index contributed by atoms with van der Waals surface area (Å²) in [5.41, 5.74) is 0. The van der Waals surface area contributed by atoms with E-state index in [-0.39, 0.29) is 18.1 Å². The molecule has 0 fully saturated rings. The summed E-state index contributed by atoms with van der Waals surface area (Å²) in [6.07, 6.45) is 0.419. The summed E-state index contributed by atoms with van der Waals surface area (Å²) in [6, 6.07) is 0. The second-order valence-electron chi connectivity index (χ2n) is 2.74. The number of carboxylic acid groups (broad SMARTS) is 1. The van der Waals surface area contributed by atoms with Crippen molar-refractivity contribution >= 4 is 22.7 Å². The number of hydrogen-bond acceptors (Lipinski definition) is 3. The van der Waals surface area contributed by atoms with E-state index in [0.717, 1.165) is 0 Å². The summed E-state index contributed by atoms with van der Waals surface area (Å²) in [5.74, 6) is -1.19. The third kappa shape index (κ3) is 4.36. The van der Waals surface area contributed by atoms with Gasteiger partial charge in [-0.05, 0) is 6.42 Å². The van der Waals surface area contributed by atoms with E-state index in [1.807, 2.05) is 0 Å². The van der Waals surface area contributed by atoms with Crippen LogP contribution in [-0.2, 0) is 20.4 Å². The lowest BCUT2D eigenvalue weighted by Crippen LogP contribution is -2.28. The second-order valence-corrected chi connectivity index (χ2v) is 4.48. The van der Waals surface area contributed by atoms with Crippen LogP contribution in [0.4, 0.5) is 0 Å². The van der Waals surface area contributed by atoms with Crippen molar-refractivity contribution < 1.29 is 18.9 Å². The summed E-state index contributed by atoms with van der Waals surface area (Å²) in [4.78, 5) is 21.4. The molecule has 82 valence electrons. The van der Waals surface area contributed by atoms with Crippen LogP contribution in [0.15, 0.2) is 0 Å². The highest BCUT2D eigenvalue weighted by molar-refractivity contribution is 7.86. The Balaban J connectivity index is 4.06. The molecule has 0 spiro atoms. The molecule has 0 aromatic rings. The normalized spacial score (nSPS) is 14.4. The minimum absolute atomic E-state index is 0.102. The average molecular weight is 221 g/mol. The maximum atomic E-state index is 11.4. The van der Waals surface area contributed by atoms with Gasteiger partial charge in [-0.1, -0.05) is 6.92 Å². The fraction of sp³-hybridized carbons (Fsp3) is 0.750. The molecule has 0 saturated carbocycles. The van der Waals surface area contributed by atoms with Crippen molar-refractivity contribution in [2.24, 2.45) is 0 Å². The van der Waals surface area contributed by atoms with Crippen LogP contribution in [0.25, 0.3) is 0 Å². The molecule has 14 heavy (non-hydrogen) atoms. The van der Waals surface area contributed by atoms with E-state index >= 15 is 0 Å². The Morgan fingerprint density at radius 1 is 1.50 bits per heavy atom. The molecule has 2 atom stereocenters. The van der Waals surface area contributed by atoms with Crippen LogP contribution in [-0.4, -0.2) is 39.2 Å². The first kappa shape index (κ1) is 13.1. The zero-order valence-electron chi connectivity index (χ0n) is 8.28. The summed E-state index contributed by atoms with van der Waals surface area (Å²) in [5, 5.41) is 10.2. The van der Waals surface area contributed by atoms with Gasteiger partial charge >= 0.3 is 5.97 Å². The number of carbonyl (C=O) groups excluding carboxylic acids is 1. The number of aliphatic carboxylic acids is 1. The molecule has 1 amide bonds. The summed E-state index contributed by atoms with van der Waals surface area (Å²) in [7, 11) is 0.0154. The molecule has 0 saturated heterocycles. The fourth-order valence-corrected chi connectivity index (χ4v) is 2.20. The third-order valence-corrected chi connectivity index (χ3v) is 3.55. The number of hydrogen-bond donors (Lipinski definition) is 2. The average Bonchev–Trinajstić information content (AvgIpc) is 2.14. The quantitative estimate of drug-likeness (QED) is 0.647. The molecule has 0 radical (unpaired) electrons. The predicted octanol–water partition coefficient (Wildman–Crippen LogP) is -0.266. The van der Waals surface area contributed by atoms with Crippen LogP contribution in [0.2, 0.25) is 0 Å². The van der Waals surface area contributed by atoms with E-state index < -0.39 is 22.0 Å². The minimum atomic E-state index is -1.47. The van der Waals surface area contributed by atoms with E-state index in [0.29, 0.717) is 6.42 Å². The summed E-state index contributed by atoms with van der Waals surface area (Å²) >= 11 is 0. The van der Waals surface area contributed by atoms with Crippen molar-refractivity contribution in [2.45, 2.75) is 25.0 Å². The van der Waals surface area contributed by atoms with Gasteiger partial charge in [-0.15, -0.1) is 0 Å². The maximum absolute atomic E-state index is 11.4. The molecule has 6 heteroatoms. The van der Waals surface area contributed by atoms with Gasteiger partial charge in [0, 0.05) is 30.0 Å². The molecular formula is C8H15NO4S. The first-order valence-corrected chi connectivity index (χ1v) is 5.71. The smallest absolute Gasteiger partial charge is 0.319 e. The topological polar surface area (TPSA) is 83.5 Å². The number of rotatable bonds is 6. The standard InChI is InChI=1S/C8H15NO4S/c1-3-6(8(11)12)14(13)5-4-7(10)9-2/h6H,3-5H2,1-2H3,(H,9,10)(H,11,12). The highest BCUT2D eigenvalue weighted by Gasteiger charge is 2.22. The molecule has 0 heterocycles. The minimum Gasteiger partial charge on any atom is -0.480 e. The Kier molecular flexibility index (Phi) is 6.11. The van der Waals surface area contributed by atoms with Crippen molar-refractivity contribution in [1.29, 1.82) is 0 Å². The van der Waals surface area contributed by atoms with Crippen molar-refractivity contribution in [2.75, 3.05) is 12.8 Å². The van der Waals surface area contributed by atoms with Crippen LogP contribution in [0.3, 0.4) is 0 Å².